The van der Waals surface area contributed by atoms with E-state index in [1.807, 2.05) is 6.07 Å². The molecular weight excluding hydrogens is 407 g/mol. The molecule has 2 aromatic carbocycles. The molecule has 3 aromatic rings. The van der Waals surface area contributed by atoms with Crippen LogP contribution in [0.15, 0.2) is 56.6 Å². The Bertz CT molecular complexity index is 975. The number of halogens is 1. The highest BCUT2D eigenvalue weighted by molar-refractivity contribution is 14.1. The van der Waals surface area contributed by atoms with Gasteiger partial charge in [0.15, 0.2) is 5.58 Å². The first-order chi connectivity index (χ1) is 9.94. The minimum absolute atomic E-state index is 0.0471. The molecule has 108 valence electrons. The molecule has 2 N–H and O–H groups in total. The summed E-state index contributed by atoms with van der Waals surface area (Å²) in [7, 11) is -3.73. The Balaban J connectivity index is 2.01. The van der Waals surface area contributed by atoms with Crippen molar-refractivity contribution in [2.45, 2.75) is 4.90 Å². The highest BCUT2D eigenvalue weighted by Gasteiger charge is 2.16. The van der Waals surface area contributed by atoms with E-state index in [1.165, 1.54) is 18.2 Å². The number of aromatic amines is 1. The van der Waals surface area contributed by atoms with Crippen LogP contribution in [0.5, 0.6) is 0 Å². The molecule has 0 aliphatic carbocycles. The van der Waals surface area contributed by atoms with Crippen LogP contribution in [-0.2, 0) is 10.0 Å². The number of aromatic nitrogens is 1. The molecule has 0 amide bonds. The number of oxazole rings is 1. The number of H-pyrrole nitrogens is 1. The van der Waals surface area contributed by atoms with Gasteiger partial charge in [-0.25, -0.2) is 13.2 Å². The van der Waals surface area contributed by atoms with E-state index in [1.54, 1.807) is 18.2 Å². The standard InChI is InChI=1S/C13H9IN2O4S/c14-8-2-1-3-9(6-8)16-21(18,19)10-4-5-12-11(7-10)15-13(17)20-12/h1-7,16H,(H,15,17). The van der Waals surface area contributed by atoms with Crippen LogP contribution in [0.25, 0.3) is 11.1 Å². The minimum atomic E-state index is -3.73. The predicted molar refractivity (Wildman–Crippen MR) is 86.8 cm³/mol. The lowest BCUT2D eigenvalue weighted by molar-refractivity contribution is 0.555. The average molecular weight is 416 g/mol. The zero-order chi connectivity index (χ0) is 15.0. The number of hydrogen-bond acceptors (Lipinski definition) is 4. The summed E-state index contributed by atoms with van der Waals surface area (Å²) in [5.74, 6) is -0.620. The summed E-state index contributed by atoms with van der Waals surface area (Å²) in [5, 5.41) is 0. The van der Waals surface area contributed by atoms with Crippen LogP contribution in [0.2, 0.25) is 0 Å². The largest absolute Gasteiger partial charge is 0.417 e. The molecule has 3 rings (SSSR count). The third-order valence-corrected chi connectivity index (χ3v) is 4.83. The van der Waals surface area contributed by atoms with Gasteiger partial charge in [0, 0.05) is 9.26 Å². The van der Waals surface area contributed by atoms with Crippen molar-refractivity contribution < 1.29 is 12.8 Å². The van der Waals surface area contributed by atoms with E-state index in [4.69, 9.17) is 4.42 Å². The van der Waals surface area contributed by atoms with Gasteiger partial charge in [0.25, 0.3) is 10.0 Å². The van der Waals surface area contributed by atoms with Crippen LogP contribution in [0.4, 0.5) is 5.69 Å². The summed E-state index contributed by atoms with van der Waals surface area (Å²) in [4.78, 5) is 13.6. The molecule has 0 aliphatic rings. The zero-order valence-electron chi connectivity index (χ0n) is 10.5. The zero-order valence-corrected chi connectivity index (χ0v) is 13.4. The van der Waals surface area contributed by atoms with Gasteiger partial charge >= 0.3 is 5.76 Å². The van der Waals surface area contributed by atoms with Crippen LogP contribution < -0.4 is 10.5 Å². The van der Waals surface area contributed by atoms with Gasteiger partial charge in [-0.1, -0.05) is 6.07 Å². The summed E-state index contributed by atoms with van der Waals surface area (Å²) in [6.07, 6.45) is 0. The second-order valence-electron chi connectivity index (χ2n) is 4.29. The summed E-state index contributed by atoms with van der Waals surface area (Å²) in [6.45, 7) is 0. The molecule has 0 atom stereocenters. The number of rotatable bonds is 3. The lowest BCUT2D eigenvalue weighted by atomic mass is 10.3. The highest BCUT2D eigenvalue weighted by Crippen LogP contribution is 2.20. The number of hydrogen-bond donors (Lipinski definition) is 2. The second-order valence-corrected chi connectivity index (χ2v) is 7.22. The molecule has 0 fully saturated rings. The second kappa shape index (κ2) is 5.19. The molecule has 0 spiro atoms. The topological polar surface area (TPSA) is 92.2 Å². The van der Waals surface area contributed by atoms with Crippen molar-refractivity contribution in [3.8, 4) is 0 Å². The van der Waals surface area contributed by atoms with E-state index in [0.29, 0.717) is 16.8 Å². The van der Waals surface area contributed by atoms with Gasteiger partial charge in [-0.15, -0.1) is 0 Å². The third-order valence-electron chi connectivity index (χ3n) is 2.78. The van der Waals surface area contributed by atoms with Crippen LogP contribution in [0.1, 0.15) is 0 Å². The van der Waals surface area contributed by atoms with Crippen LogP contribution >= 0.6 is 22.6 Å². The number of fused-ring (bicyclic) bond motifs is 1. The Morgan fingerprint density at radius 3 is 2.71 bits per heavy atom. The van der Waals surface area contributed by atoms with Crippen molar-refractivity contribution in [1.82, 2.24) is 4.98 Å². The van der Waals surface area contributed by atoms with Gasteiger partial charge in [0.05, 0.1) is 10.4 Å². The van der Waals surface area contributed by atoms with E-state index in [0.717, 1.165) is 3.57 Å². The normalized spacial score (nSPS) is 11.7. The summed E-state index contributed by atoms with van der Waals surface area (Å²) >= 11 is 2.10. The predicted octanol–water partition coefficient (Wildman–Crippen LogP) is 2.53. The van der Waals surface area contributed by atoms with Crippen molar-refractivity contribution in [2.24, 2.45) is 0 Å². The molecule has 1 aromatic heterocycles. The fraction of sp³-hybridized carbons (Fsp3) is 0. The van der Waals surface area contributed by atoms with Gasteiger partial charge in [-0.2, -0.15) is 0 Å². The van der Waals surface area contributed by atoms with E-state index >= 15 is 0 Å². The number of nitrogens with one attached hydrogen (secondary N) is 2. The SMILES string of the molecule is O=c1[nH]c2cc(S(=O)(=O)Nc3cccc(I)c3)ccc2o1. The van der Waals surface area contributed by atoms with Crippen LogP contribution in [0, 0.1) is 3.57 Å². The number of anilines is 1. The molecule has 0 saturated carbocycles. The first-order valence-corrected chi connectivity index (χ1v) is 8.41. The Hall–Kier alpha value is -1.81. The van der Waals surface area contributed by atoms with Crippen molar-refractivity contribution >= 4 is 49.4 Å². The molecule has 6 nitrogen and oxygen atoms in total. The molecule has 0 aliphatic heterocycles. The summed E-state index contributed by atoms with van der Waals surface area (Å²) < 4.78 is 32.9. The summed E-state index contributed by atoms with van der Waals surface area (Å²) in [6, 6.07) is 11.2. The van der Waals surface area contributed by atoms with E-state index in [9.17, 15) is 13.2 Å². The van der Waals surface area contributed by atoms with E-state index in [2.05, 4.69) is 32.3 Å². The maximum absolute atomic E-state index is 12.3. The van der Waals surface area contributed by atoms with Gasteiger partial charge < -0.3 is 4.42 Å². The fourth-order valence-electron chi connectivity index (χ4n) is 1.86. The number of sulfonamides is 1. The monoisotopic (exact) mass is 416 g/mol. The molecular formula is C13H9IN2O4S. The molecule has 0 radical (unpaired) electrons. The van der Waals surface area contributed by atoms with Crippen molar-refractivity contribution in [3.63, 3.8) is 0 Å². The fourth-order valence-corrected chi connectivity index (χ4v) is 3.48. The van der Waals surface area contributed by atoms with Crippen molar-refractivity contribution in [1.29, 1.82) is 0 Å². The lowest BCUT2D eigenvalue weighted by Crippen LogP contribution is -2.12. The Labute approximate surface area is 133 Å². The molecule has 21 heavy (non-hydrogen) atoms. The molecule has 0 saturated heterocycles. The molecule has 8 heteroatoms. The molecule has 1 heterocycles. The third kappa shape index (κ3) is 2.95. The Kier molecular flexibility index (Phi) is 3.49. The van der Waals surface area contributed by atoms with E-state index in [-0.39, 0.29) is 4.90 Å². The number of benzene rings is 2. The van der Waals surface area contributed by atoms with Gasteiger partial charge in [0.2, 0.25) is 0 Å². The maximum atomic E-state index is 12.3. The molecule has 0 unspecified atom stereocenters. The van der Waals surface area contributed by atoms with E-state index < -0.39 is 15.8 Å². The first-order valence-electron chi connectivity index (χ1n) is 5.85. The van der Waals surface area contributed by atoms with Gasteiger partial charge in [-0.05, 0) is 59.0 Å². The molecule has 0 bridgehead atoms. The maximum Gasteiger partial charge on any atom is 0.417 e. The Morgan fingerprint density at radius 2 is 1.95 bits per heavy atom. The van der Waals surface area contributed by atoms with Crippen LogP contribution in [-0.4, -0.2) is 13.4 Å². The minimum Gasteiger partial charge on any atom is -0.408 e. The van der Waals surface area contributed by atoms with Crippen LogP contribution in [0.3, 0.4) is 0 Å². The average Bonchev–Trinajstić information content (AvgIpc) is 2.77. The van der Waals surface area contributed by atoms with Crippen molar-refractivity contribution in [2.75, 3.05) is 4.72 Å². The summed E-state index contributed by atoms with van der Waals surface area (Å²) in [5.41, 5.74) is 1.13. The Morgan fingerprint density at radius 1 is 1.14 bits per heavy atom. The quantitative estimate of drug-likeness (QED) is 0.642. The van der Waals surface area contributed by atoms with Gasteiger partial charge in [0.1, 0.15) is 0 Å². The lowest BCUT2D eigenvalue weighted by Gasteiger charge is -2.08. The smallest absolute Gasteiger partial charge is 0.408 e. The van der Waals surface area contributed by atoms with Gasteiger partial charge in [-0.3, -0.25) is 9.71 Å². The first kappa shape index (κ1) is 14.1. The van der Waals surface area contributed by atoms with Crippen molar-refractivity contribution in [3.05, 3.63) is 56.6 Å². The highest BCUT2D eigenvalue weighted by atomic mass is 127.